The third-order valence-corrected chi connectivity index (χ3v) is 1.64. The quantitative estimate of drug-likeness (QED) is 0.194. The Hall–Kier alpha value is -1.04. The minimum atomic E-state index is -3.78. The van der Waals surface area contributed by atoms with Gasteiger partial charge in [-0.2, -0.15) is 8.78 Å². The van der Waals surface area contributed by atoms with Crippen LogP contribution in [0.3, 0.4) is 0 Å². The molecule has 6 heteroatoms. The number of hydrogen-bond acceptors (Lipinski definition) is 3. The summed E-state index contributed by atoms with van der Waals surface area (Å²) < 4.78 is 29.6. The summed E-state index contributed by atoms with van der Waals surface area (Å²) in [6.07, 6.45) is 1.94. The molecule has 0 bridgehead atoms. The molecule has 0 aliphatic rings. The van der Waals surface area contributed by atoms with Crippen molar-refractivity contribution < 1.29 is 23.1 Å². The lowest BCUT2D eigenvalue weighted by atomic mass is 10.1. The maximum absolute atomic E-state index is 12.6. The number of carbonyl (C=O) groups excluding carboxylic acids is 2. The van der Waals surface area contributed by atoms with Crippen molar-refractivity contribution in [3.63, 3.8) is 0 Å². The SMILES string of the molecule is C=C/C=C(/C(=O)OCC)C(=O)C(F)(F)Br. The molecule has 0 atom stereocenters. The van der Waals surface area contributed by atoms with Gasteiger partial charge in [-0.3, -0.25) is 4.79 Å². The number of esters is 1. The van der Waals surface area contributed by atoms with Crippen molar-refractivity contribution >= 4 is 27.7 Å². The van der Waals surface area contributed by atoms with E-state index in [1.165, 1.54) is 6.92 Å². The summed E-state index contributed by atoms with van der Waals surface area (Å²) in [5.74, 6) is -2.75. The van der Waals surface area contributed by atoms with E-state index in [4.69, 9.17) is 0 Å². The second kappa shape index (κ2) is 5.75. The highest BCUT2D eigenvalue weighted by molar-refractivity contribution is 9.10. The molecule has 15 heavy (non-hydrogen) atoms. The molecular formula is C9H9BrF2O3. The molecule has 0 N–H and O–H groups in total. The minimum Gasteiger partial charge on any atom is -0.462 e. The Morgan fingerprint density at radius 1 is 1.53 bits per heavy atom. The monoisotopic (exact) mass is 282 g/mol. The van der Waals surface area contributed by atoms with Gasteiger partial charge in [-0.05, 0) is 28.9 Å². The Kier molecular flexibility index (Phi) is 5.35. The lowest BCUT2D eigenvalue weighted by molar-refractivity contribution is -0.142. The fourth-order valence-electron chi connectivity index (χ4n) is 0.716. The summed E-state index contributed by atoms with van der Waals surface area (Å²) in [7, 11) is 0. The number of allylic oxidation sites excluding steroid dienone is 2. The first-order valence-corrected chi connectivity index (χ1v) is 4.75. The molecule has 0 saturated carbocycles. The highest BCUT2D eigenvalue weighted by atomic mass is 79.9. The third-order valence-electron chi connectivity index (χ3n) is 1.28. The second-order valence-electron chi connectivity index (χ2n) is 2.36. The van der Waals surface area contributed by atoms with Gasteiger partial charge in [-0.15, -0.1) is 0 Å². The van der Waals surface area contributed by atoms with E-state index < -0.39 is 22.2 Å². The molecule has 0 fully saturated rings. The third kappa shape index (κ3) is 4.33. The van der Waals surface area contributed by atoms with Gasteiger partial charge in [0.25, 0.3) is 0 Å². The number of ketones is 1. The average molecular weight is 283 g/mol. The van der Waals surface area contributed by atoms with Gasteiger partial charge in [0.1, 0.15) is 5.57 Å². The molecule has 0 aromatic rings. The van der Waals surface area contributed by atoms with E-state index in [1.807, 2.05) is 15.9 Å². The molecule has 0 rings (SSSR count). The van der Waals surface area contributed by atoms with Gasteiger partial charge in [0, 0.05) is 0 Å². The van der Waals surface area contributed by atoms with Gasteiger partial charge in [-0.25, -0.2) is 4.79 Å². The van der Waals surface area contributed by atoms with Crippen LogP contribution in [-0.2, 0) is 14.3 Å². The Labute approximate surface area is 93.9 Å². The van der Waals surface area contributed by atoms with Crippen molar-refractivity contribution in [2.75, 3.05) is 6.61 Å². The largest absolute Gasteiger partial charge is 0.462 e. The van der Waals surface area contributed by atoms with Gasteiger partial charge in [-0.1, -0.05) is 12.7 Å². The molecule has 0 amide bonds. The summed E-state index contributed by atoms with van der Waals surface area (Å²) in [4.78, 5) is 18.4. The van der Waals surface area contributed by atoms with Crippen molar-refractivity contribution in [1.82, 2.24) is 0 Å². The van der Waals surface area contributed by atoms with Crippen LogP contribution in [0.1, 0.15) is 6.92 Å². The molecular weight excluding hydrogens is 274 g/mol. The number of alkyl halides is 3. The van der Waals surface area contributed by atoms with E-state index in [9.17, 15) is 18.4 Å². The maximum Gasteiger partial charge on any atom is 0.363 e. The smallest absolute Gasteiger partial charge is 0.363 e. The summed E-state index contributed by atoms with van der Waals surface area (Å²) in [6.45, 7) is 4.71. The Bertz CT molecular complexity index is 305. The first kappa shape index (κ1) is 14.0. The molecule has 0 radical (unpaired) electrons. The van der Waals surface area contributed by atoms with Gasteiger partial charge < -0.3 is 4.74 Å². The second-order valence-corrected chi connectivity index (χ2v) is 3.36. The van der Waals surface area contributed by atoms with Crippen LogP contribution in [0.2, 0.25) is 0 Å². The molecule has 0 aromatic carbocycles. The van der Waals surface area contributed by atoms with Gasteiger partial charge in [0.15, 0.2) is 0 Å². The van der Waals surface area contributed by atoms with E-state index in [-0.39, 0.29) is 6.61 Å². The van der Waals surface area contributed by atoms with Crippen molar-refractivity contribution in [3.05, 3.63) is 24.3 Å². The van der Waals surface area contributed by atoms with E-state index in [0.29, 0.717) is 0 Å². The van der Waals surface area contributed by atoms with Crippen molar-refractivity contribution in [2.24, 2.45) is 0 Å². The molecule has 0 saturated heterocycles. The van der Waals surface area contributed by atoms with Gasteiger partial charge >= 0.3 is 10.8 Å². The molecule has 0 spiro atoms. The van der Waals surface area contributed by atoms with E-state index in [2.05, 4.69) is 11.3 Å². The molecule has 0 aliphatic heterocycles. The van der Waals surface area contributed by atoms with Gasteiger partial charge in [0.2, 0.25) is 5.78 Å². The fraction of sp³-hybridized carbons (Fsp3) is 0.333. The van der Waals surface area contributed by atoms with Crippen LogP contribution in [0.5, 0.6) is 0 Å². The summed E-state index contributed by atoms with van der Waals surface area (Å²) >= 11 is 1.87. The molecule has 3 nitrogen and oxygen atoms in total. The van der Waals surface area contributed by atoms with Crippen LogP contribution in [0, 0.1) is 0 Å². The van der Waals surface area contributed by atoms with Crippen LogP contribution in [0.15, 0.2) is 24.3 Å². The summed E-state index contributed by atoms with van der Waals surface area (Å²) in [5.41, 5.74) is -0.742. The number of ether oxygens (including phenoxy) is 1. The van der Waals surface area contributed by atoms with E-state index in [1.54, 1.807) is 0 Å². The Morgan fingerprint density at radius 3 is 2.40 bits per heavy atom. The summed E-state index contributed by atoms with van der Waals surface area (Å²) in [6, 6.07) is 0. The molecule has 0 aliphatic carbocycles. The fourth-order valence-corrected chi connectivity index (χ4v) is 0.929. The Morgan fingerprint density at radius 2 is 2.07 bits per heavy atom. The van der Waals surface area contributed by atoms with Crippen molar-refractivity contribution in [1.29, 1.82) is 0 Å². The predicted molar refractivity (Wildman–Crippen MR) is 53.8 cm³/mol. The first-order chi connectivity index (χ1) is 6.84. The topological polar surface area (TPSA) is 43.4 Å². The number of hydrogen-bond donors (Lipinski definition) is 0. The average Bonchev–Trinajstić information content (AvgIpc) is 2.12. The normalized spacial score (nSPS) is 12.1. The van der Waals surface area contributed by atoms with E-state index >= 15 is 0 Å². The molecule has 0 aromatic heterocycles. The van der Waals surface area contributed by atoms with Crippen molar-refractivity contribution in [3.8, 4) is 0 Å². The van der Waals surface area contributed by atoms with E-state index in [0.717, 1.165) is 12.2 Å². The summed E-state index contributed by atoms with van der Waals surface area (Å²) in [5, 5.41) is 0. The lowest BCUT2D eigenvalue weighted by Crippen LogP contribution is -2.27. The zero-order valence-electron chi connectivity index (χ0n) is 7.93. The highest BCUT2D eigenvalue weighted by Gasteiger charge is 2.40. The van der Waals surface area contributed by atoms with Crippen molar-refractivity contribution in [2.45, 2.75) is 11.8 Å². The minimum absolute atomic E-state index is 0.00550. The van der Waals surface area contributed by atoms with Crippen LogP contribution >= 0.6 is 15.9 Å². The zero-order chi connectivity index (χ0) is 12.1. The zero-order valence-corrected chi connectivity index (χ0v) is 9.51. The van der Waals surface area contributed by atoms with Crippen LogP contribution in [0.4, 0.5) is 8.78 Å². The van der Waals surface area contributed by atoms with Crippen LogP contribution in [-0.4, -0.2) is 23.2 Å². The standard InChI is InChI=1S/C9H9BrF2O3/c1-3-5-6(8(14)15-4-2)7(13)9(10,11)12/h3,5H,1,4H2,2H3/b6-5+. The van der Waals surface area contributed by atoms with Crippen LogP contribution in [0.25, 0.3) is 0 Å². The molecule has 0 heterocycles. The highest BCUT2D eigenvalue weighted by Crippen LogP contribution is 2.26. The lowest BCUT2D eigenvalue weighted by Gasteiger charge is -2.09. The number of carbonyl (C=O) groups is 2. The Balaban J connectivity index is 5.01. The molecule has 84 valence electrons. The van der Waals surface area contributed by atoms with Crippen LogP contribution < -0.4 is 0 Å². The molecule has 0 unspecified atom stereocenters. The van der Waals surface area contributed by atoms with Gasteiger partial charge in [0.05, 0.1) is 6.61 Å². The predicted octanol–water partition coefficient (Wildman–Crippen LogP) is 2.22. The number of Topliss-reactive ketones (excluding diaryl/α,β-unsaturated/α-hetero) is 1. The first-order valence-electron chi connectivity index (χ1n) is 3.96. The number of rotatable bonds is 5. The number of halogens is 3. The maximum atomic E-state index is 12.6.